The first-order chi connectivity index (χ1) is 9.70. The van der Waals surface area contributed by atoms with Crippen LogP contribution in [0.2, 0.25) is 0 Å². The van der Waals surface area contributed by atoms with Crippen molar-refractivity contribution in [3.8, 4) is 0 Å². The number of Topliss-reactive ketones (excluding diaryl/α,β-unsaturated/α-hetero) is 1. The number of aliphatic hydroxyl groups excluding tert-OH is 1. The monoisotopic (exact) mass is 293 g/mol. The van der Waals surface area contributed by atoms with E-state index in [4.69, 9.17) is 4.74 Å². The molecular weight excluding hydrogens is 270 g/mol. The van der Waals surface area contributed by atoms with E-state index in [0.29, 0.717) is 5.56 Å². The number of carbonyl (C=O) groups is 2. The fourth-order valence-electron chi connectivity index (χ4n) is 1.72. The molecule has 0 aromatic heterocycles. The van der Waals surface area contributed by atoms with E-state index in [9.17, 15) is 14.7 Å². The lowest BCUT2D eigenvalue weighted by molar-refractivity contribution is 0.0446. The maximum absolute atomic E-state index is 12.2. The summed E-state index contributed by atoms with van der Waals surface area (Å²) in [5, 5.41) is 12.5. The fraction of sp³-hybridized carbons (Fsp3) is 0.500. The number of carbonyl (C=O) groups excluding carboxylic acids is 2. The lowest BCUT2D eigenvalue weighted by Crippen LogP contribution is -2.40. The lowest BCUT2D eigenvalue weighted by atomic mass is 9.94. The Balaban J connectivity index is 2.50. The standard InChI is InChI=1S/C16H23NO4/c1-11(14(19)12-8-6-5-7-9-12)13(18)10-17-15(20)21-16(2,3)4/h5-9,11,13,18H,10H2,1-4H3,(H,17,20)/t11-,13+/m0/s1. The Kier molecular flexibility index (Phi) is 5.90. The Morgan fingerprint density at radius 1 is 1.24 bits per heavy atom. The van der Waals surface area contributed by atoms with Gasteiger partial charge in [0.05, 0.1) is 6.10 Å². The molecule has 0 spiro atoms. The Morgan fingerprint density at radius 2 is 1.81 bits per heavy atom. The van der Waals surface area contributed by atoms with E-state index in [0.717, 1.165) is 0 Å². The Morgan fingerprint density at radius 3 is 2.33 bits per heavy atom. The van der Waals surface area contributed by atoms with Crippen LogP contribution in [0.25, 0.3) is 0 Å². The zero-order chi connectivity index (χ0) is 16.0. The van der Waals surface area contributed by atoms with Crippen LogP contribution in [0.5, 0.6) is 0 Å². The van der Waals surface area contributed by atoms with E-state index < -0.39 is 23.7 Å². The Hall–Kier alpha value is -1.88. The third-order valence-electron chi connectivity index (χ3n) is 2.90. The van der Waals surface area contributed by atoms with Crippen LogP contribution in [0.1, 0.15) is 38.1 Å². The number of ether oxygens (including phenoxy) is 1. The van der Waals surface area contributed by atoms with Gasteiger partial charge in [-0.1, -0.05) is 37.3 Å². The summed E-state index contributed by atoms with van der Waals surface area (Å²) >= 11 is 0. The molecule has 1 aromatic carbocycles. The summed E-state index contributed by atoms with van der Waals surface area (Å²) < 4.78 is 5.07. The lowest BCUT2D eigenvalue weighted by Gasteiger charge is -2.22. The van der Waals surface area contributed by atoms with E-state index in [2.05, 4.69) is 5.32 Å². The summed E-state index contributed by atoms with van der Waals surface area (Å²) in [4.78, 5) is 23.7. The molecule has 1 aromatic rings. The second kappa shape index (κ2) is 7.22. The van der Waals surface area contributed by atoms with Crippen molar-refractivity contribution >= 4 is 11.9 Å². The van der Waals surface area contributed by atoms with Crippen molar-refractivity contribution < 1.29 is 19.4 Å². The van der Waals surface area contributed by atoms with Crippen molar-refractivity contribution in [1.29, 1.82) is 0 Å². The summed E-state index contributed by atoms with van der Waals surface area (Å²) in [7, 11) is 0. The topological polar surface area (TPSA) is 75.6 Å². The first kappa shape index (κ1) is 17.2. The van der Waals surface area contributed by atoms with Gasteiger partial charge in [0.1, 0.15) is 5.60 Å². The summed E-state index contributed by atoms with van der Waals surface area (Å²) in [6.45, 7) is 6.87. The van der Waals surface area contributed by atoms with Crippen molar-refractivity contribution in [2.24, 2.45) is 5.92 Å². The molecule has 0 aliphatic carbocycles. The number of alkyl carbamates (subject to hydrolysis) is 1. The second-order valence-electron chi connectivity index (χ2n) is 5.97. The quantitative estimate of drug-likeness (QED) is 0.817. The molecule has 0 aliphatic heterocycles. The molecule has 1 rings (SSSR count). The van der Waals surface area contributed by atoms with Crippen LogP contribution in [0.15, 0.2) is 30.3 Å². The number of benzene rings is 1. The van der Waals surface area contributed by atoms with Gasteiger partial charge >= 0.3 is 6.09 Å². The number of hydrogen-bond acceptors (Lipinski definition) is 4. The molecular formula is C16H23NO4. The number of amides is 1. The van der Waals surface area contributed by atoms with Gasteiger partial charge in [0.15, 0.2) is 5.78 Å². The minimum atomic E-state index is -0.967. The van der Waals surface area contributed by atoms with E-state index in [1.54, 1.807) is 52.0 Å². The SMILES string of the molecule is C[C@H](C(=O)c1ccccc1)[C@H](O)CNC(=O)OC(C)(C)C. The molecule has 0 saturated heterocycles. The van der Waals surface area contributed by atoms with Gasteiger partial charge < -0.3 is 15.2 Å². The molecule has 21 heavy (non-hydrogen) atoms. The van der Waals surface area contributed by atoms with Gasteiger partial charge in [0.2, 0.25) is 0 Å². The van der Waals surface area contributed by atoms with Gasteiger partial charge in [0.25, 0.3) is 0 Å². The average Bonchev–Trinajstić information content (AvgIpc) is 2.42. The summed E-state index contributed by atoms with van der Waals surface area (Å²) in [6.07, 6.45) is -1.58. The average molecular weight is 293 g/mol. The van der Waals surface area contributed by atoms with Crippen LogP contribution in [0.3, 0.4) is 0 Å². The first-order valence-electron chi connectivity index (χ1n) is 6.95. The van der Waals surface area contributed by atoms with E-state index in [1.165, 1.54) is 0 Å². The largest absolute Gasteiger partial charge is 0.444 e. The molecule has 1 amide bonds. The van der Waals surface area contributed by atoms with Crippen molar-refractivity contribution in [3.05, 3.63) is 35.9 Å². The van der Waals surface area contributed by atoms with Crippen molar-refractivity contribution in [3.63, 3.8) is 0 Å². The molecule has 0 saturated carbocycles. The van der Waals surface area contributed by atoms with Gasteiger partial charge in [-0.05, 0) is 20.8 Å². The minimum absolute atomic E-state index is 0.0331. The first-order valence-corrected chi connectivity index (χ1v) is 6.95. The molecule has 0 fully saturated rings. The number of nitrogens with one attached hydrogen (secondary N) is 1. The number of hydrogen-bond donors (Lipinski definition) is 2. The smallest absolute Gasteiger partial charge is 0.407 e. The van der Waals surface area contributed by atoms with Crippen LogP contribution in [0, 0.1) is 5.92 Å². The third-order valence-corrected chi connectivity index (χ3v) is 2.90. The maximum Gasteiger partial charge on any atom is 0.407 e. The molecule has 2 atom stereocenters. The van der Waals surface area contributed by atoms with E-state index in [1.807, 2.05) is 6.07 Å². The van der Waals surface area contributed by atoms with Gasteiger partial charge in [-0.3, -0.25) is 4.79 Å². The number of rotatable bonds is 5. The summed E-state index contributed by atoms with van der Waals surface area (Å²) in [5.74, 6) is -0.767. The predicted molar refractivity (Wildman–Crippen MR) is 80.2 cm³/mol. The predicted octanol–water partition coefficient (Wildman–Crippen LogP) is 2.39. The molecule has 0 bridgehead atoms. The zero-order valence-electron chi connectivity index (χ0n) is 12.9. The molecule has 0 unspecified atom stereocenters. The number of aliphatic hydroxyl groups is 1. The van der Waals surface area contributed by atoms with E-state index >= 15 is 0 Å². The fourth-order valence-corrected chi connectivity index (χ4v) is 1.72. The summed E-state index contributed by atoms with van der Waals surface area (Å²) in [5.41, 5.74) is -0.0538. The molecule has 0 heterocycles. The highest BCUT2D eigenvalue weighted by Gasteiger charge is 2.24. The Labute approximate surface area is 125 Å². The van der Waals surface area contributed by atoms with Crippen LogP contribution in [-0.4, -0.2) is 35.2 Å². The van der Waals surface area contributed by atoms with Crippen molar-refractivity contribution in [1.82, 2.24) is 5.32 Å². The van der Waals surface area contributed by atoms with Gasteiger partial charge in [-0.2, -0.15) is 0 Å². The molecule has 2 N–H and O–H groups in total. The van der Waals surface area contributed by atoms with Crippen LogP contribution in [-0.2, 0) is 4.74 Å². The third kappa shape index (κ3) is 5.95. The Bertz CT molecular complexity index is 479. The van der Waals surface area contributed by atoms with Crippen LogP contribution >= 0.6 is 0 Å². The van der Waals surface area contributed by atoms with E-state index in [-0.39, 0.29) is 12.3 Å². The van der Waals surface area contributed by atoms with Gasteiger partial charge in [-0.15, -0.1) is 0 Å². The highest BCUT2D eigenvalue weighted by Crippen LogP contribution is 2.12. The van der Waals surface area contributed by atoms with Crippen molar-refractivity contribution in [2.75, 3.05) is 6.54 Å². The maximum atomic E-state index is 12.2. The molecule has 0 radical (unpaired) electrons. The highest BCUT2D eigenvalue weighted by atomic mass is 16.6. The van der Waals surface area contributed by atoms with Crippen LogP contribution < -0.4 is 5.32 Å². The highest BCUT2D eigenvalue weighted by molar-refractivity contribution is 5.97. The minimum Gasteiger partial charge on any atom is -0.444 e. The molecule has 5 heteroatoms. The molecule has 0 aliphatic rings. The molecule has 5 nitrogen and oxygen atoms in total. The van der Waals surface area contributed by atoms with Gasteiger partial charge in [0, 0.05) is 18.0 Å². The number of ketones is 1. The van der Waals surface area contributed by atoms with Crippen LogP contribution in [0.4, 0.5) is 4.79 Å². The van der Waals surface area contributed by atoms with Crippen molar-refractivity contribution in [2.45, 2.75) is 39.4 Å². The zero-order valence-corrected chi connectivity index (χ0v) is 12.9. The normalized spacial score (nSPS) is 14.1. The molecule has 116 valence electrons. The van der Waals surface area contributed by atoms with Gasteiger partial charge in [-0.25, -0.2) is 4.79 Å². The second-order valence-corrected chi connectivity index (χ2v) is 5.97. The summed E-state index contributed by atoms with van der Waals surface area (Å²) in [6, 6.07) is 8.76.